The first kappa shape index (κ1) is 13.1. The molecule has 0 spiro atoms. The Morgan fingerprint density at radius 3 is 2.68 bits per heavy atom. The summed E-state index contributed by atoms with van der Waals surface area (Å²) in [7, 11) is 0. The minimum absolute atomic E-state index is 0.186. The molecule has 1 aromatic carbocycles. The Morgan fingerprint density at radius 2 is 2.05 bits per heavy atom. The lowest BCUT2D eigenvalue weighted by Crippen LogP contribution is -2.24. The molecule has 2 aromatic rings. The van der Waals surface area contributed by atoms with E-state index < -0.39 is 0 Å². The molecule has 0 aliphatic heterocycles. The minimum Gasteiger partial charge on any atom is -0.465 e. The topological polar surface area (TPSA) is 42.2 Å². The highest BCUT2D eigenvalue weighted by atomic mass is 19.1. The van der Waals surface area contributed by atoms with Crippen molar-refractivity contribution in [1.82, 2.24) is 5.32 Å². The predicted molar refractivity (Wildman–Crippen MR) is 70.7 cm³/mol. The van der Waals surface area contributed by atoms with Crippen LogP contribution in [0.4, 0.5) is 4.39 Å². The molecule has 1 aromatic heterocycles. The average Bonchev–Trinajstić information content (AvgIpc) is 2.90. The van der Waals surface area contributed by atoms with Crippen molar-refractivity contribution >= 4 is 12.0 Å². The van der Waals surface area contributed by atoms with E-state index in [1.807, 2.05) is 6.92 Å². The molecule has 0 aliphatic rings. The normalized spacial score (nSPS) is 12.5. The van der Waals surface area contributed by atoms with Gasteiger partial charge in [0.15, 0.2) is 0 Å². The molecule has 3 nitrogen and oxygen atoms in total. The van der Waals surface area contributed by atoms with Crippen LogP contribution in [0.1, 0.15) is 24.3 Å². The second kappa shape index (κ2) is 6.00. The molecule has 0 saturated heterocycles. The van der Waals surface area contributed by atoms with Gasteiger partial charge in [-0.3, -0.25) is 4.79 Å². The first-order chi connectivity index (χ1) is 9.15. The summed E-state index contributed by atoms with van der Waals surface area (Å²) >= 11 is 0. The smallest absolute Gasteiger partial charge is 0.244 e. The number of hydrogen-bond donors (Lipinski definition) is 1. The van der Waals surface area contributed by atoms with Crippen LogP contribution in [0.25, 0.3) is 6.08 Å². The third-order valence-corrected chi connectivity index (χ3v) is 2.67. The first-order valence-electron chi connectivity index (χ1n) is 5.93. The zero-order valence-electron chi connectivity index (χ0n) is 10.5. The van der Waals surface area contributed by atoms with Gasteiger partial charge in [0.25, 0.3) is 0 Å². The molecule has 1 N–H and O–H groups in total. The Hall–Kier alpha value is -2.36. The van der Waals surface area contributed by atoms with Gasteiger partial charge in [0.1, 0.15) is 11.6 Å². The highest BCUT2D eigenvalue weighted by molar-refractivity contribution is 5.91. The Labute approximate surface area is 110 Å². The first-order valence-corrected chi connectivity index (χ1v) is 5.93. The van der Waals surface area contributed by atoms with Crippen LogP contribution in [0.15, 0.2) is 53.2 Å². The summed E-state index contributed by atoms with van der Waals surface area (Å²) < 4.78 is 17.9. The minimum atomic E-state index is -0.292. The van der Waals surface area contributed by atoms with Gasteiger partial charge in [-0.05, 0) is 42.8 Å². The largest absolute Gasteiger partial charge is 0.465 e. The van der Waals surface area contributed by atoms with Crippen molar-refractivity contribution in [1.29, 1.82) is 0 Å². The van der Waals surface area contributed by atoms with Crippen LogP contribution < -0.4 is 5.32 Å². The molecule has 0 bridgehead atoms. The SMILES string of the molecule is C[C@@H](NC(=O)/C=C/c1ccco1)c1ccc(F)cc1. The monoisotopic (exact) mass is 259 g/mol. The third kappa shape index (κ3) is 3.81. The molecule has 0 fully saturated rings. The Balaban J connectivity index is 1.93. The summed E-state index contributed by atoms with van der Waals surface area (Å²) in [5, 5.41) is 2.79. The number of halogens is 1. The van der Waals surface area contributed by atoms with E-state index in [0.29, 0.717) is 5.76 Å². The molecular weight excluding hydrogens is 245 g/mol. The predicted octanol–water partition coefficient (Wildman–Crippen LogP) is 3.31. The van der Waals surface area contributed by atoms with Crippen LogP contribution in [-0.2, 0) is 4.79 Å². The summed E-state index contributed by atoms with van der Waals surface area (Å²) in [5.41, 5.74) is 0.848. The zero-order chi connectivity index (χ0) is 13.7. The van der Waals surface area contributed by atoms with E-state index in [1.165, 1.54) is 18.2 Å². The average molecular weight is 259 g/mol. The molecule has 98 valence electrons. The van der Waals surface area contributed by atoms with Crippen molar-refractivity contribution in [3.63, 3.8) is 0 Å². The lowest BCUT2D eigenvalue weighted by Gasteiger charge is -2.12. The number of carbonyl (C=O) groups is 1. The second-order valence-electron chi connectivity index (χ2n) is 4.13. The van der Waals surface area contributed by atoms with Crippen LogP contribution in [-0.4, -0.2) is 5.91 Å². The lowest BCUT2D eigenvalue weighted by atomic mass is 10.1. The number of carbonyl (C=O) groups excluding carboxylic acids is 1. The quantitative estimate of drug-likeness (QED) is 0.856. The fraction of sp³-hybridized carbons (Fsp3) is 0.133. The van der Waals surface area contributed by atoms with Gasteiger partial charge in [-0.15, -0.1) is 0 Å². The van der Waals surface area contributed by atoms with Crippen LogP contribution in [0.5, 0.6) is 0 Å². The van der Waals surface area contributed by atoms with E-state index >= 15 is 0 Å². The standard InChI is InChI=1S/C15H14FNO2/c1-11(12-4-6-13(16)7-5-12)17-15(18)9-8-14-3-2-10-19-14/h2-11H,1H3,(H,17,18)/b9-8+/t11-/m1/s1. The maximum Gasteiger partial charge on any atom is 0.244 e. The molecule has 0 aliphatic carbocycles. The second-order valence-corrected chi connectivity index (χ2v) is 4.13. The van der Waals surface area contributed by atoms with Crippen molar-refractivity contribution in [2.75, 3.05) is 0 Å². The van der Waals surface area contributed by atoms with E-state index in [9.17, 15) is 9.18 Å². The molecule has 0 unspecified atom stereocenters. The lowest BCUT2D eigenvalue weighted by molar-refractivity contribution is -0.117. The molecule has 4 heteroatoms. The summed E-state index contributed by atoms with van der Waals surface area (Å²) in [6.07, 6.45) is 4.53. The molecule has 1 atom stereocenters. The molecule has 0 radical (unpaired) electrons. The van der Waals surface area contributed by atoms with Crippen LogP contribution in [0.3, 0.4) is 0 Å². The Kier molecular flexibility index (Phi) is 4.13. The molecule has 0 saturated carbocycles. The van der Waals surface area contributed by atoms with E-state index in [4.69, 9.17) is 4.42 Å². The molecule has 19 heavy (non-hydrogen) atoms. The number of hydrogen-bond acceptors (Lipinski definition) is 2. The van der Waals surface area contributed by atoms with Crippen LogP contribution >= 0.6 is 0 Å². The summed E-state index contributed by atoms with van der Waals surface area (Å²) in [6.45, 7) is 1.84. The van der Waals surface area contributed by atoms with Gasteiger partial charge in [0.2, 0.25) is 5.91 Å². The van der Waals surface area contributed by atoms with Crippen molar-refractivity contribution < 1.29 is 13.6 Å². The van der Waals surface area contributed by atoms with Crippen molar-refractivity contribution in [2.45, 2.75) is 13.0 Å². The van der Waals surface area contributed by atoms with E-state index in [0.717, 1.165) is 5.56 Å². The fourth-order valence-electron chi connectivity index (χ4n) is 1.64. The molecule has 1 heterocycles. The number of amides is 1. The number of furan rings is 1. The third-order valence-electron chi connectivity index (χ3n) is 2.67. The summed E-state index contributed by atoms with van der Waals surface area (Å²) in [4.78, 5) is 11.7. The van der Waals surface area contributed by atoms with Gasteiger partial charge in [-0.2, -0.15) is 0 Å². The van der Waals surface area contributed by atoms with Gasteiger partial charge in [0.05, 0.1) is 12.3 Å². The van der Waals surface area contributed by atoms with Crippen molar-refractivity contribution in [2.24, 2.45) is 0 Å². The maximum atomic E-state index is 12.8. The highest BCUT2D eigenvalue weighted by Crippen LogP contribution is 2.12. The highest BCUT2D eigenvalue weighted by Gasteiger charge is 2.07. The molecule has 2 rings (SSSR count). The number of benzene rings is 1. The van der Waals surface area contributed by atoms with E-state index in [2.05, 4.69) is 5.32 Å². The number of nitrogens with one attached hydrogen (secondary N) is 1. The van der Waals surface area contributed by atoms with Gasteiger partial charge >= 0.3 is 0 Å². The van der Waals surface area contributed by atoms with E-state index in [1.54, 1.807) is 36.6 Å². The number of rotatable bonds is 4. The zero-order valence-corrected chi connectivity index (χ0v) is 10.5. The van der Waals surface area contributed by atoms with E-state index in [-0.39, 0.29) is 17.8 Å². The van der Waals surface area contributed by atoms with Gasteiger partial charge in [-0.25, -0.2) is 4.39 Å². The van der Waals surface area contributed by atoms with Gasteiger partial charge in [-0.1, -0.05) is 12.1 Å². The molecular formula is C15H14FNO2. The summed E-state index contributed by atoms with van der Waals surface area (Å²) in [5.74, 6) is 0.0952. The van der Waals surface area contributed by atoms with Gasteiger partial charge in [0, 0.05) is 6.08 Å². The fourth-order valence-corrected chi connectivity index (χ4v) is 1.64. The Morgan fingerprint density at radius 1 is 1.32 bits per heavy atom. The van der Waals surface area contributed by atoms with Gasteiger partial charge < -0.3 is 9.73 Å². The van der Waals surface area contributed by atoms with Crippen LogP contribution in [0.2, 0.25) is 0 Å². The maximum absolute atomic E-state index is 12.8. The Bertz CT molecular complexity index is 558. The van der Waals surface area contributed by atoms with Crippen molar-refractivity contribution in [3.05, 3.63) is 65.9 Å². The van der Waals surface area contributed by atoms with Crippen LogP contribution in [0, 0.1) is 5.82 Å². The summed E-state index contributed by atoms with van der Waals surface area (Å²) in [6, 6.07) is 9.36. The molecule has 1 amide bonds. The van der Waals surface area contributed by atoms with Crippen molar-refractivity contribution in [3.8, 4) is 0 Å².